The molecule has 6 nitrogen and oxygen atoms in total. The zero-order valence-corrected chi connectivity index (χ0v) is 14.2. The number of nitrogens with zero attached hydrogens (tertiary/aromatic N) is 2. The third-order valence-electron chi connectivity index (χ3n) is 6.86. The predicted molar refractivity (Wildman–Crippen MR) is 92.6 cm³/mol. The molecule has 1 spiro atoms. The molecule has 1 saturated carbocycles. The Hall–Kier alpha value is -2.37. The van der Waals surface area contributed by atoms with Crippen LogP contribution in [0.3, 0.4) is 0 Å². The smallest absolute Gasteiger partial charge is 0.223 e. The van der Waals surface area contributed by atoms with Crippen molar-refractivity contribution in [2.75, 3.05) is 13.1 Å². The van der Waals surface area contributed by atoms with Crippen LogP contribution < -0.4 is 0 Å². The van der Waals surface area contributed by atoms with Crippen molar-refractivity contribution in [1.29, 1.82) is 0 Å². The molecule has 1 N–H and O–H groups in total. The van der Waals surface area contributed by atoms with Gasteiger partial charge in [0.15, 0.2) is 0 Å². The molecule has 3 aliphatic rings. The van der Waals surface area contributed by atoms with Crippen LogP contribution in [0.5, 0.6) is 0 Å². The molecule has 0 radical (unpaired) electrons. The van der Waals surface area contributed by atoms with E-state index in [2.05, 4.69) is 24.0 Å². The van der Waals surface area contributed by atoms with E-state index in [-0.39, 0.29) is 40.7 Å². The average molecular weight is 339 g/mol. The van der Waals surface area contributed by atoms with Crippen LogP contribution in [0.1, 0.15) is 31.0 Å². The molecule has 1 amide bonds. The summed E-state index contributed by atoms with van der Waals surface area (Å²) < 4.78 is 0. The van der Waals surface area contributed by atoms with Crippen LogP contribution in [0.25, 0.3) is 10.9 Å². The maximum atomic E-state index is 12.7. The van der Waals surface area contributed by atoms with Gasteiger partial charge in [0.1, 0.15) is 0 Å². The van der Waals surface area contributed by atoms with Crippen molar-refractivity contribution < 1.29 is 9.72 Å². The fraction of sp³-hybridized carbons (Fsp3) is 0.526. The molecular weight excluding hydrogens is 318 g/mol. The lowest BCUT2D eigenvalue weighted by atomic mass is 9.77. The van der Waals surface area contributed by atoms with Crippen LogP contribution in [-0.2, 0) is 16.8 Å². The number of carbonyl (C=O) groups is 1. The number of nitro groups is 1. The Morgan fingerprint density at radius 3 is 3.00 bits per heavy atom. The van der Waals surface area contributed by atoms with Gasteiger partial charge in [-0.2, -0.15) is 0 Å². The molecule has 4 atom stereocenters. The largest absolute Gasteiger partial charge is 0.356 e. The summed E-state index contributed by atoms with van der Waals surface area (Å²) in [7, 11) is 0. The van der Waals surface area contributed by atoms with Gasteiger partial charge in [-0.25, -0.2) is 0 Å². The molecule has 1 aromatic carbocycles. The van der Waals surface area contributed by atoms with Gasteiger partial charge in [-0.15, -0.1) is 0 Å². The Balaban J connectivity index is 1.72. The standard InChI is InChI=1S/C19H21N3O3/c1-11-9-19-15(14(11)10-22(24)25)8-17(23)21(19)7-6-13-12-4-2-3-5-16(12)20-18(13)19/h2-5,11,14-15,20H,6-10H2,1H3/t11-,14+,15?,19?/m1/s1. The van der Waals surface area contributed by atoms with E-state index in [1.807, 2.05) is 17.0 Å². The molecule has 0 bridgehead atoms. The van der Waals surface area contributed by atoms with Crippen molar-refractivity contribution in [1.82, 2.24) is 9.88 Å². The topological polar surface area (TPSA) is 79.2 Å². The number of nitrogens with one attached hydrogen (secondary N) is 1. The molecule has 2 aliphatic heterocycles. The minimum Gasteiger partial charge on any atom is -0.356 e. The summed E-state index contributed by atoms with van der Waals surface area (Å²) in [5.74, 6) is 0.395. The third-order valence-corrected chi connectivity index (χ3v) is 6.86. The molecule has 3 heterocycles. The van der Waals surface area contributed by atoms with Crippen LogP contribution >= 0.6 is 0 Å². The lowest BCUT2D eigenvalue weighted by molar-refractivity contribution is -0.491. The highest BCUT2D eigenvalue weighted by Gasteiger charge is 2.65. The van der Waals surface area contributed by atoms with Crippen molar-refractivity contribution in [2.24, 2.45) is 17.8 Å². The molecular formula is C19H21N3O3. The van der Waals surface area contributed by atoms with Crippen LogP contribution in [-0.4, -0.2) is 33.8 Å². The number of rotatable bonds is 2. The van der Waals surface area contributed by atoms with Crippen molar-refractivity contribution in [3.63, 3.8) is 0 Å². The number of hydrogen-bond donors (Lipinski definition) is 1. The summed E-state index contributed by atoms with van der Waals surface area (Å²) in [6, 6.07) is 8.28. The van der Waals surface area contributed by atoms with E-state index in [9.17, 15) is 14.9 Å². The van der Waals surface area contributed by atoms with Gasteiger partial charge in [0.25, 0.3) is 0 Å². The molecule has 2 aromatic rings. The summed E-state index contributed by atoms with van der Waals surface area (Å²) >= 11 is 0. The summed E-state index contributed by atoms with van der Waals surface area (Å²) in [4.78, 5) is 29.4. The second kappa shape index (κ2) is 4.84. The SMILES string of the molecule is C[C@@H]1CC23c4[nH]c5ccccc5c4CCN2C(=O)CC3[C@H]1C[N+](=O)[O-]. The van der Waals surface area contributed by atoms with E-state index >= 15 is 0 Å². The maximum absolute atomic E-state index is 12.7. The number of aromatic nitrogens is 1. The third kappa shape index (κ3) is 1.77. The van der Waals surface area contributed by atoms with Gasteiger partial charge in [0.2, 0.25) is 12.5 Å². The van der Waals surface area contributed by atoms with E-state index in [0.29, 0.717) is 6.42 Å². The number of hydrogen-bond acceptors (Lipinski definition) is 3. The van der Waals surface area contributed by atoms with Gasteiger partial charge in [0, 0.05) is 46.3 Å². The number of amides is 1. The molecule has 1 aliphatic carbocycles. The zero-order valence-electron chi connectivity index (χ0n) is 14.2. The first-order valence-corrected chi connectivity index (χ1v) is 9.04. The van der Waals surface area contributed by atoms with Crippen LogP contribution in [0.2, 0.25) is 0 Å². The highest BCUT2D eigenvalue weighted by atomic mass is 16.6. The first-order chi connectivity index (χ1) is 12.0. The van der Waals surface area contributed by atoms with Crippen LogP contribution in [0, 0.1) is 27.9 Å². The number of para-hydroxylation sites is 1. The molecule has 2 unspecified atom stereocenters. The highest BCUT2D eigenvalue weighted by Crippen LogP contribution is 2.61. The van der Waals surface area contributed by atoms with E-state index < -0.39 is 0 Å². The summed E-state index contributed by atoms with van der Waals surface area (Å²) in [6.45, 7) is 2.80. The highest BCUT2D eigenvalue weighted by molar-refractivity contribution is 5.88. The van der Waals surface area contributed by atoms with Crippen molar-refractivity contribution >= 4 is 16.8 Å². The van der Waals surface area contributed by atoms with Crippen molar-refractivity contribution in [3.8, 4) is 0 Å². The Kier molecular flexibility index (Phi) is 2.89. The Morgan fingerprint density at radius 2 is 2.20 bits per heavy atom. The minimum atomic E-state index is -0.371. The first kappa shape index (κ1) is 14.9. The van der Waals surface area contributed by atoms with Gasteiger partial charge in [-0.1, -0.05) is 25.1 Å². The molecule has 6 heteroatoms. The number of carbonyl (C=O) groups excluding carboxylic acids is 1. The van der Waals surface area contributed by atoms with Gasteiger partial charge < -0.3 is 9.88 Å². The second-order valence-electron chi connectivity index (χ2n) is 7.91. The summed E-state index contributed by atoms with van der Waals surface area (Å²) in [5, 5.41) is 12.4. The van der Waals surface area contributed by atoms with E-state index in [4.69, 9.17) is 0 Å². The fourth-order valence-corrected chi connectivity index (χ4v) is 5.97. The Labute approximate surface area is 145 Å². The molecule has 1 saturated heterocycles. The zero-order chi connectivity index (χ0) is 17.3. The van der Waals surface area contributed by atoms with E-state index in [1.165, 1.54) is 10.9 Å². The molecule has 2 fully saturated rings. The molecule has 5 rings (SSSR count). The summed E-state index contributed by atoms with van der Waals surface area (Å²) in [5.41, 5.74) is 3.19. The maximum Gasteiger partial charge on any atom is 0.223 e. The van der Waals surface area contributed by atoms with Crippen molar-refractivity contribution in [3.05, 3.63) is 45.6 Å². The van der Waals surface area contributed by atoms with Gasteiger partial charge in [-0.05, 0) is 30.4 Å². The van der Waals surface area contributed by atoms with E-state index in [0.717, 1.165) is 30.6 Å². The molecule has 130 valence electrons. The molecule has 25 heavy (non-hydrogen) atoms. The Morgan fingerprint density at radius 1 is 1.40 bits per heavy atom. The van der Waals surface area contributed by atoms with Gasteiger partial charge >= 0.3 is 0 Å². The fourth-order valence-electron chi connectivity index (χ4n) is 5.97. The number of fused-ring (bicyclic) bond motifs is 3. The van der Waals surface area contributed by atoms with E-state index in [1.54, 1.807) is 0 Å². The number of aromatic amines is 1. The predicted octanol–water partition coefficient (Wildman–Crippen LogP) is 2.70. The number of H-pyrrole nitrogens is 1. The monoisotopic (exact) mass is 339 g/mol. The second-order valence-corrected chi connectivity index (χ2v) is 7.91. The van der Waals surface area contributed by atoms with Crippen LogP contribution in [0.4, 0.5) is 0 Å². The molecule has 1 aromatic heterocycles. The first-order valence-electron chi connectivity index (χ1n) is 9.04. The average Bonchev–Trinajstić information content (AvgIpc) is 3.16. The Bertz CT molecular complexity index is 904. The van der Waals surface area contributed by atoms with Gasteiger partial charge in [-0.3, -0.25) is 14.9 Å². The van der Waals surface area contributed by atoms with Gasteiger partial charge in [0.05, 0.1) is 5.54 Å². The van der Waals surface area contributed by atoms with Crippen LogP contribution in [0.15, 0.2) is 24.3 Å². The van der Waals surface area contributed by atoms with Crippen molar-refractivity contribution in [2.45, 2.75) is 31.7 Å². The lowest BCUT2D eigenvalue weighted by Crippen LogP contribution is -2.49. The lowest BCUT2D eigenvalue weighted by Gasteiger charge is -2.43. The normalized spacial score (nSPS) is 33.4. The quantitative estimate of drug-likeness (QED) is 0.675. The number of benzene rings is 1. The summed E-state index contributed by atoms with van der Waals surface area (Å²) in [6.07, 6.45) is 2.12. The minimum absolute atomic E-state index is 0.0347.